The number of anilines is 1. The second-order valence-electron chi connectivity index (χ2n) is 15.8. The molecular weight excluding hydrogens is 897 g/mol. The highest BCUT2D eigenvalue weighted by Crippen LogP contribution is 2.52. The number of rotatable bonds is 19. The average molecular weight is 944 g/mol. The van der Waals surface area contributed by atoms with Crippen molar-refractivity contribution < 1.29 is 69.7 Å². The summed E-state index contributed by atoms with van der Waals surface area (Å²) in [5.74, 6) is -0.884. The fourth-order valence-corrected chi connectivity index (χ4v) is 11.1. The summed E-state index contributed by atoms with van der Waals surface area (Å²) in [5.41, 5.74) is 3.81. The van der Waals surface area contributed by atoms with E-state index in [1.165, 1.54) is 12.1 Å². The minimum absolute atomic E-state index is 0.0310. The third-order valence-corrected chi connectivity index (χ3v) is 14.2. The van der Waals surface area contributed by atoms with Gasteiger partial charge < -0.3 is 10.0 Å². The summed E-state index contributed by atoms with van der Waals surface area (Å²) in [6.45, 7) is 11.3. The minimum Gasteiger partial charge on any atom is -0.481 e. The number of unbranched alkanes of at least 4 members (excludes halogenated alkanes) is 2. The number of nitrogens with zero attached hydrogens (tertiary/aromatic N) is 2. The van der Waals surface area contributed by atoms with Crippen LogP contribution in [0.2, 0.25) is 0 Å². The van der Waals surface area contributed by atoms with Gasteiger partial charge in [0, 0.05) is 69.1 Å². The molecule has 63 heavy (non-hydrogen) atoms. The number of benzene rings is 4. The quantitative estimate of drug-likeness (QED) is 0.0112. The summed E-state index contributed by atoms with van der Waals surface area (Å²) >= 11 is 1.61. The Morgan fingerprint density at radius 2 is 1.43 bits per heavy atom. The maximum absolute atomic E-state index is 12.5. The first-order valence-corrected chi connectivity index (χ1v) is 24.0. The molecule has 2 heterocycles. The second-order valence-corrected chi connectivity index (χ2v) is 20.1. The van der Waals surface area contributed by atoms with Crippen LogP contribution in [0.4, 0.5) is 11.4 Å². The number of likely N-dealkylation sites (N-methyl/N-ethyl adjacent to an activating group) is 1. The highest BCUT2D eigenvalue weighted by atomic mass is 32.2. The predicted octanol–water partition coefficient (Wildman–Crippen LogP) is 9.73. The Morgan fingerprint density at radius 3 is 2.10 bits per heavy atom. The Labute approximate surface area is 373 Å². The second kappa shape index (κ2) is 19.4. The van der Waals surface area contributed by atoms with Gasteiger partial charge in [-0.1, -0.05) is 60.4 Å². The third-order valence-electron chi connectivity index (χ3n) is 11.2. The van der Waals surface area contributed by atoms with Crippen LogP contribution in [-0.2, 0) is 54.6 Å². The predicted molar refractivity (Wildman–Crippen MR) is 239 cm³/mol. The third kappa shape index (κ3) is 9.97. The molecule has 2 aliphatic heterocycles. The Bertz CT molecular complexity index is 2830. The molecule has 336 valence electrons. The van der Waals surface area contributed by atoms with Gasteiger partial charge in [-0.3, -0.25) is 13.9 Å². The molecule has 20 heteroatoms. The summed E-state index contributed by atoms with van der Waals surface area (Å²) in [6, 6.07) is 12.8. The summed E-state index contributed by atoms with van der Waals surface area (Å²) in [6.07, 6.45) is 15.1. The van der Waals surface area contributed by atoms with Gasteiger partial charge >= 0.3 is 5.97 Å². The van der Waals surface area contributed by atoms with Crippen LogP contribution in [0, 0.1) is 0 Å². The molecule has 0 amide bonds. The molecule has 4 aromatic rings. The number of aliphatic carboxylic acids is 1. The Balaban J connectivity index is 1.33. The molecule has 5 N–H and O–H groups in total. The SMILES string of the molecule is CCN1\C(=C/C=C\C=C\C=C\C2=[N+](CCCCCC(=O)O)c3ccc4c(S(=O)(=O)O)cc(S(=O)(=O)O)cc4c3C2(C)C)C(C)(C)c2c1ccc1c(SOOO)cc(SOOO)cc21. The zero-order valence-corrected chi connectivity index (χ0v) is 38.1. The lowest BCUT2D eigenvalue weighted by Gasteiger charge is -2.26. The van der Waals surface area contributed by atoms with E-state index < -0.39 is 46.8 Å². The number of hydrogen-bond acceptors (Lipinski definition) is 14. The first-order chi connectivity index (χ1) is 29.8. The van der Waals surface area contributed by atoms with E-state index in [9.17, 15) is 30.7 Å². The number of allylic oxidation sites excluding steroid dienone is 8. The van der Waals surface area contributed by atoms with Crippen molar-refractivity contribution in [2.45, 2.75) is 90.7 Å². The van der Waals surface area contributed by atoms with Crippen molar-refractivity contribution in [1.29, 1.82) is 0 Å². The van der Waals surface area contributed by atoms with Gasteiger partial charge in [0.15, 0.2) is 5.71 Å². The number of carboxylic acid groups (broad SMARTS) is 1. The normalized spacial score (nSPS) is 16.8. The van der Waals surface area contributed by atoms with Crippen LogP contribution in [0.15, 0.2) is 116 Å². The van der Waals surface area contributed by atoms with E-state index in [1.54, 1.807) is 12.1 Å². The fraction of sp³-hybridized carbons (Fsp3) is 0.302. The van der Waals surface area contributed by atoms with E-state index in [0.29, 0.717) is 53.4 Å². The first kappa shape index (κ1) is 48.0. The molecule has 0 aliphatic carbocycles. The lowest BCUT2D eigenvalue weighted by atomic mass is 9.79. The molecule has 0 unspecified atom stereocenters. The van der Waals surface area contributed by atoms with E-state index in [0.717, 1.165) is 63.6 Å². The van der Waals surface area contributed by atoms with Crippen molar-refractivity contribution in [2.75, 3.05) is 18.0 Å². The van der Waals surface area contributed by atoms with Crippen molar-refractivity contribution in [3.8, 4) is 0 Å². The van der Waals surface area contributed by atoms with E-state index in [2.05, 4.69) is 35.7 Å². The van der Waals surface area contributed by atoms with Gasteiger partial charge in [0.05, 0.1) is 34.4 Å². The standard InChI is InChI=1S/C43H46N2O14S4/c1-6-44-33-20-18-29-31(23-27(60-58-56-48)24-35(29)61-59-57-49)40(33)42(2,3)37(44)15-11-8-7-9-12-16-38-43(4,5)41-32-25-28(62(50,51)52)26-36(63(53,54)55)30(32)19-21-34(41)45(38)22-14-10-13-17-39(46)47/h7-9,11-12,15-16,18-21,23-26H,6,10,13-14,17,22H2,1-5H3,(H4-,46,47,48,49,50,51,52,53,54,55)/p+1. The monoisotopic (exact) mass is 943 g/mol. The Kier molecular flexibility index (Phi) is 14.8. The van der Waals surface area contributed by atoms with E-state index in [1.807, 2.05) is 79.2 Å². The van der Waals surface area contributed by atoms with Gasteiger partial charge in [0.25, 0.3) is 20.2 Å². The maximum Gasteiger partial charge on any atom is 0.303 e. The number of fused-ring (bicyclic) bond motifs is 6. The topological polar surface area (TPSA) is 230 Å². The molecular formula is C43H47N2O14S4+. The largest absolute Gasteiger partial charge is 0.481 e. The number of hydrogen-bond donors (Lipinski definition) is 5. The van der Waals surface area contributed by atoms with E-state index >= 15 is 0 Å². The highest BCUT2D eigenvalue weighted by Gasteiger charge is 2.46. The fourth-order valence-electron chi connectivity index (χ4n) is 8.65. The smallest absolute Gasteiger partial charge is 0.303 e. The van der Waals surface area contributed by atoms with Crippen molar-refractivity contribution in [2.24, 2.45) is 0 Å². The molecule has 0 aromatic heterocycles. The molecule has 16 nitrogen and oxygen atoms in total. The molecule has 4 aromatic carbocycles. The van der Waals surface area contributed by atoms with Crippen LogP contribution in [0.25, 0.3) is 21.5 Å². The van der Waals surface area contributed by atoms with Gasteiger partial charge in [-0.25, -0.2) is 10.5 Å². The molecule has 0 bridgehead atoms. The summed E-state index contributed by atoms with van der Waals surface area (Å²) in [5, 5.41) is 36.5. The lowest BCUT2D eigenvalue weighted by Crippen LogP contribution is -2.28. The molecule has 0 radical (unpaired) electrons. The van der Waals surface area contributed by atoms with Crippen LogP contribution in [0.5, 0.6) is 0 Å². The van der Waals surface area contributed by atoms with Crippen molar-refractivity contribution in [3.63, 3.8) is 0 Å². The average Bonchev–Trinajstić information content (AvgIpc) is 3.58. The van der Waals surface area contributed by atoms with Gasteiger partial charge in [-0.2, -0.15) is 21.4 Å². The maximum atomic E-state index is 12.5. The zero-order valence-electron chi connectivity index (χ0n) is 34.8. The summed E-state index contributed by atoms with van der Waals surface area (Å²) in [7, 11) is -9.78. The molecule has 0 saturated carbocycles. The van der Waals surface area contributed by atoms with Crippen LogP contribution in [0.1, 0.15) is 71.4 Å². The van der Waals surface area contributed by atoms with Crippen molar-refractivity contribution >= 4 is 88.9 Å². The van der Waals surface area contributed by atoms with Gasteiger partial charge in [0.2, 0.25) is 5.69 Å². The molecule has 2 aliphatic rings. The van der Waals surface area contributed by atoms with Crippen LogP contribution < -0.4 is 4.90 Å². The van der Waals surface area contributed by atoms with Gasteiger partial charge in [-0.05, 0) is 97.8 Å². The molecule has 0 saturated heterocycles. The molecule has 0 fully saturated rings. The van der Waals surface area contributed by atoms with Gasteiger partial charge in [0.1, 0.15) is 11.4 Å². The summed E-state index contributed by atoms with van der Waals surface area (Å²) < 4.78 is 81.3. The number of carbonyl (C=O) groups is 1. The highest BCUT2D eigenvalue weighted by molar-refractivity contribution is 7.95. The van der Waals surface area contributed by atoms with Crippen molar-refractivity contribution in [3.05, 3.63) is 108 Å². The molecule has 0 atom stereocenters. The minimum atomic E-state index is -4.91. The van der Waals surface area contributed by atoms with Crippen molar-refractivity contribution in [1.82, 2.24) is 0 Å². The van der Waals surface area contributed by atoms with Crippen LogP contribution in [0.3, 0.4) is 0 Å². The Hall–Kier alpha value is -4.42. The Morgan fingerprint density at radius 1 is 0.762 bits per heavy atom. The first-order valence-electron chi connectivity index (χ1n) is 19.6. The van der Waals surface area contributed by atoms with E-state index in [-0.39, 0.29) is 17.2 Å². The zero-order chi connectivity index (χ0) is 45.9. The van der Waals surface area contributed by atoms with E-state index in [4.69, 9.17) is 24.3 Å². The molecule has 0 spiro atoms. The number of carboxylic acids is 1. The molecule has 6 rings (SSSR count). The van der Waals surface area contributed by atoms with Gasteiger partial charge in [-0.15, -0.1) is 8.67 Å². The lowest BCUT2D eigenvalue weighted by molar-refractivity contribution is -0.438. The van der Waals surface area contributed by atoms with Crippen LogP contribution >= 0.6 is 24.1 Å². The summed E-state index contributed by atoms with van der Waals surface area (Å²) in [4.78, 5) is 13.3. The van der Waals surface area contributed by atoms with Crippen LogP contribution in [-0.4, -0.2) is 70.9 Å².